The Morgan fingerprint density at radius 2 is 1.79 bits per heavy atom. The molecule has 0 bridgehead atoms. The fourth-order valence-corrected chi connectivity index (χ4v) is 3.76. The number of hydrogen-bond acceptors (Lipinski definition) is 3. The molecule has 0 saturated carbocycles. The Kier molecular flexibility index (Phi) is 6.49. The van der Waals surface area contributed by atoms with Gasteiger partial charge in [0.2, 0.25) is 11.8 Å². The molecule has 1 fully saturated rings. The van der Waals surface area contributed by atoms with Gasteiger partial charge in [0, 0.05) is 42.0 Å². The number of nitrogens with zero attached hydrogens (tertiary/aromatic N) is 1. The van der Waals surface area contributed by atoms with Gasteiger partial charge in [-0.2, -0.15) is 0 Å². The molecule has 0 radical (unpaired) electrons. The highest BCUT2D eigenvalue weighted by molar-refractivity contribution is 6.06. The smallest absolute Gasteiger partial charge is 0.255 e. The molecule has 3 aromatic carbocycles. The summed E-state index contributed by atoms with van der Waals surface area (Å²) in [5.74, 6) is -1.72. The van der Waals surface area contributed by atoms with Crippen LogP contribution in [-0.4, -0.2) is 24.3 Å². The molecule has 3 aromatic rings. The molecule has 1 aliphatic heterocycles. The number of halogens is 1. The summed E-state index contributed by atoms with van der Waals surface area (Å²) in [6.45, 7) is 2.23. The van der Waals surface area contributed by atoms with Gasteiger partial charge in [-0.05, 0) is 43.3 Å². The largest absolute Gasteiger partial charge is 0.352 e. The van der Waals surface area contributed by atoms with Gasteiger partial charge in [-0.25, -0.2) is 4.39 Å². The van der Waals surface area contributed by atoms with Crippen molar-refractivity contribution in [3.8, 4) is 0 Å². The minimum absolute atomic E-state index is 0.0584. The van der Waals surface area contributed by atoms with Crippen molar-refractivity contribution in [1.82, 2.24) is 5.32 Å². The van der Waals surface area contributed by atoms with Crippen LogP contribution in [0.2, 0.25) is 0 Å². The summed E-state index contributed by atoms with van der Waals surface area (Å²) in [5.41, 5.74) is 3.13. The van der Waals surface area contributed by atoms with Gasteiger partial charge in [0.1, 0.15) is 5.82 Å². The molecule has 1 aliphatic rings. The molecule has 1 heterocycles. The quantitative estimate of drug-likeness (QED) is 0.601. The van der Waals surface area contributed by atoms with Crippen LogP contribution in [0.4, 0.5) is 15.8 Å². The number of benzene rings is 3. The van der Waals surface area contributed by atoms with E-state index >= 15 is 0 Å². The summed E-state index contributed by atoms with van der Waals surface area (Å²) in [5, 5.41) is 5.55. The van der Waals surface area contributed by atoms with E-state index in [1.165, 1.54) is 11.0 Å². The van der Waals surface area contributed by atoms with Crippen molar-refractivity contribution in [2.24, 2.45) is 5.92 Å². The lowest BCUT2D eigenvalue weighted by atomic mass is 10.1. The van der Waals surface area contributed by atoms with Gasteiger partial charge in [0.05, 0.1) is 5.92 Å². The van der Waals surface area contributed by atoms with E-state index in [1.54, 1.807) is 42.5 Å². The van der Waals surface area contributed by atoms with Gasteiger partial charge in [-0.3, -0.25) is 14.4 Å². The first-order valence-electron chi connectivity index (χ1n) is 10.7. The molecule has 1 atom stereocenters. The third-order valence-electron chi connectivity index (χ3n) is 5.64. The zero-order valence-corrected chi connectivity index (χ0v) is 18.2. The van der Waals surface area contributed by atoms with Crippen LogP contribution in [0.15, 0.2) is 72.8 Å². The second-order valence-corrected chi connectivity index (χ2v) is 8.09. The van der Waals surface area contributed by atoms with E-state index in [4.69, 9.17) is 0 Å². The molecular formula is C26H24FN3O3. The lowest BCUT2D eigenvalue weighted by molar-refractivity contribution is -0.126. The minimum Gasteiger partial charge on any atom is -0.352 e. The highest BCUT2D eigenvalue weighted by Crippen LogP contribution is 2.26. The van der Waals surface area contributed by atoms with Crippen LogP contribution in [0.1, 0.15) is 27.9 Å². The molecule has 0 aromatic heterocycles. The minimum atomic E-state index is -0.547. The maximum absolute atomic E-state index is 13.8. The lowest BCUT2D eigenvalue weighted by Crippen LogP contribution is -2.32. The van der Waals surface area contributed by atoms with E-state index in [2.05, 4.69) is 10.6 Å². The molecule has 7 heteroatoms. The molecule has 1 unspecified atom stereocenters. The Bertz CT molecular complexity index is 1190. The summed E-state index contributed by atoms with van der Waals surface area (Å²) in [6.07, 6.45) is 0.0584. The molecule has 3 amide bonds. The summed E-state index contributed by atoms with van der Waals surface area (Å²) < 4.78 is 13.8. The molecule has 168 valence electrons. The fraction of sp³-hybridized carbons (Fsp3) is 0.192. The van der Waals surface area contributed by atoms with Gasteiger partial charge in [-0.1, -0.05) is 42.0 Å². The Balaban J connectivity index is 1.40. The molecule has 6 nitrogen and oxygen atoms in total. The van der Waals surface area contributed by atoms with Crippen molar-refractivity contribution in [1.29, 1.82) is 0 Å². The van der Waals surface area contributed by atoms with E-state index in [0.717, 1.165) is 5.56 Å². The van der Waals surface area contributed by atoms with Gasteiger partial charge < -0.3 is 15.5 Å². The molecule has 1 saturated heterocycles. The molecule has 0 aliphatic carbocycles. The maximum Gasteiger partial charge on any atom is 0.255 e. The van der Waals surface area contributed by atoms with E-state index < -0.39 is 5.92 Å². The first-order valence-corrected chi connectivity index (χ1v) is 10.7. The zero-order valence-electron chi connectivity index (χ0n) is 18.2. The van der Waals surface area contributed by atoms with Crippen molar-refractivity contribution in [2.45, 2.75) is 19.9 Å². The van der Waals surface area contributed by atoms with Crippen molar-refractivity contribution in [3.63, 3.8) is 0 Å². The van der Waals surface area contributed by atoms with Crippen molar-refractivity contribution >= 4 is 29.1 Å². The number of carbonyl (C=O) groups excluding carboxylic acids is 3. The van der Waals surface area contributed by atoms with Crippen molar-refractivity contribution in [2.75, 3.05) is 16.8 Å². The number of rotatable bonds is 6. The number of hydrogen-bond donors (Lipinski definition) is 2. The van der Waals surface area contributed by atoms with Crippen molar-refractivity contribution < 1.29 is 18.8 Å². The normalized spacial score (nSPS) is 15.4. The summed E-state index contributed by atoms with van der Waals surface area (Å²) >= 11 is 0. The van der Waals surface area contributed by atoms with Crippen molar-refractivity contribution in [3.05, 3.63) is 95.3 Å². The van der Waals surface area contributed by atoms with Crippen LogP contribution in [0, 0.1) is 18.7 Å². The molecule has 2 N–H and O–H groups in total. The van der Waals surface area contributed by atoms with Gasteiger partial charge in [0.25, 0.3) is 5.91 Å². The molecule has 4 rings (SSSR count). The van der Waals surface area contributed by atoms with E-state index in [1.807, 2.05) is 31.2 Å². The van der Waals surface area contributed by atoms with Crippen LogP contribution in [-0.2, 0) is 16.1 Å². The Morgan fingerprint density at radius 1 is 1.03 bits per heavy atom. The van der Waals surface area contributed by atoms with E-state index in [-0.39, 0.29) is 43.0 Å². The Morgan fingerprint density at radius 3 is 2.55 bits per heavy atom. The highest BCUT2D eigenvalue weighted by Gasteiger charge is 2.35. The molecule has 33 heavy (non-hydrogen) atoms. The van der Waals surface area contributed by atoms with Crippen LogP contribution in [0.3, 0.4) is 0 Å². The van der Waals surface area contributed by atoms with Gasteiger partial charge >= 0.3 is 0 Å². The zero-order chi connectivity index (χ0) is 23.4. The molecular weight excluding hydrogens is 421 g/mol. The van der Waals surface area contributed by atoms with Gasteiger partial charge in [-0.15, -0.1) is 0 Å². The molecule has 0 spiro atoms. The highest BCUT2D eigenvalue weighted by atomic mass is 19.1. The average Bonchev–Trinajstić information content (AvgIpc) is 3.21. The number of carbonyl (C=O) groups is 3. The third kappa shape index (κ3) is 5.26. The average molecular weight is 445 g/mol. The predicted octanol–water partition coefficient (Wildman–Crippen LogP) is 4.06. The van der Waals surface area contributed by atoms with E-state index in [0.29, 0.717) is 22.5 Å². The van der Waals surface area contributed by atoms with Crippen LogP contribution < -0.4 is 15.5 Å². The predicted molar refractivity (Wildman–Crippen MR) is 124 cm³/mol. The number of aryl methyl sites for hydroxylation is 1. The van der Waals surface area contributed by atoms with Gasteiger partial charge in [0.15, 0.2) is 0 Å². The SMILES string of the molecule is Cc1ccc(NC(=O)c2cccc(N3CC(C(=O)NCc4ccccc4F)CC3=O)c2)cc1. The lowest BCUT2D eigenvalue weighted by Gasteiger charge is -2.18. The summed E-state index contributed by atoms with van der Waals surface area (Å²) in [7, 11) is 0. The Labute approximate surface area is 191 Å². The summed E-state index contributed by atoms with van der Waals surface area (Å²) in [6, 6.07) is 20.5. The third-order valence-corrected chi connectivity index (χ3v) is 5.64. The number of amides is 3. The maximum atomic E-state index is 13.8. The Hall–Kier alpha value is -4.00. The second kappa shape index (κ2) is 9.65. The first-order chi connectivity index (χ1) is 15.9. The second-order valence-electron chi connectivity index (χ2n) is 8.09. The van der Waals surface area contributed by atoms with Crippen LogP contribution in [0.5, 0.6) is 0 Å². The van der Waals surface area contributed by atoms with Crippen LogP contribution >= 0.6 is 0 Å². The monoisotopic (exact) mass is 445 g/mol. The summed E-state index contributed by atoms with van der Waals surface area (Å²) in [4.78, 5) is 39.4. The first kappa shape index (κ1) is 22.2. The number of nitrogens with one attached hydrogen (secondary N) is 2. The van der Waals surface area contributed by atoms with Crippen LogP contribution in [0.25, 0.3) is 0 Å². The fourth-order valence-electron chi connectivity index (χ4n) is 3.76. The number of anilines is 2. The topological polar surface area (TPSA) is 78.5 Å². The standard InChI is InChI=1S/C26H24FN3O3/c1-17-9-11-21(12-10-17)29-26(33)18-6-4-7-22(13-18)30-16-20(14-24(30)31)25(32)28-15-19-5-2-3-8-23(19)27/h2-13,20H,14-16H2,1H3,(H,28,32)(H,29,33). The van der Waals surface area contributed by atoms with E-state index in [9.17, 15) is 18.8 Å².